The van der Waals surface area contributed by atoms with Crippen LogP contribution in [0.2, 0.25) is 0 Å². The van der Waals surface area contributed by atoms with E-state index in [1.54, 1.807) is 29.8 Å². The first-order valence-electron chi connectivity index (χ1n) is 4.49. The molecule has 6 heteroatoms. The summed E-state index contributed by atoms with van der Waals surface area (Å²) in [6, 6.07) is 6.97. The predicted octanol–water partition coefficient (Wildman–Crippen LogP) is 1.96. The fourth-order valence-corrected chi connectivity index (χ4v) is 1.63. The Labute approximate surface area is 95.3 Å². The monoisotopic (exact) mass is 236 g/mol. The van der Waals surface area contributed by atoms with Crippen LogP contribution in [-0.2, 0) is 11.2 Å². The Morgan fingerprint density at radius 2 is 2.25 bits per heavy atom. The van der Waals surface area contributed by atoms with Gasteiger partial charge in [-0.05, 0) is 6.07 Å². The van der Waals surface area contributed by atoms with Crippen molar-refractivity contribution in [2.24, 2.45) is 0 Å². The zero-order valence-electron chi connectivity index (χ0n) is 8.16. The Bertz CT molecular complexity index is 485. The number of benzene rings is 1. The SMILES string of the molecule is O=C(O)Cc1ccccc1Oc1nncs1. The lowest BCUT2D eigenvalue weighted by molar-refractivity contribution is -0.136. The first kappa shape index (κ1) is 10.6. The van der Waals surface area contributed by atoms with Crippen molar-refractivity contribution in [1.82, 2.24) is 10.2 Å². The number of ether oxygens (including phenoxy) is 1. The minimum atomic E-state index is -0.895. The molecule has 0 bridgehead atoms. The van der Waals surface area contributed by atoms with Gasteiger partial charge < -0.3 is 9.84 Å². The quantitative estimate of drug-likeness (QED) is 0.878. The fourth-order valence-electron chi connectivity index (χ4n) is 1.21. The largest absolute Gasteiger partial charge is 0.481 e. The van der Waals surface area contributed by atoms with E-state index in [1.165, 1.54) is 11.3 Å². The van der Waals surface area contributed by atoms with E-state index in [2.05, 4.69) is 10.2 Å². The molecule has 2 aromatic rings. The normalized spacial score (nSPS) is 10.0. The third-order valence-corrected chi connectivity index (χ3v) is 2.42. The minimum absolute atomic E-state index is 0.0744. The average Bonchev–Trinajstić information content (AvgIpc) is 2.73. The number of carbonyl (C=O) groups is 1. The van der Waals surface area contributed by atoms with Crippen LogP contribution in [0.1, 0.15) is 5.56 Å². The molecule has 16 heavy (non-hydrogen) atoms. The van der Waals surface area contributed by atoms with E-state index in [-0.39, 0.29) is 6.42 Å². The molecular weight excluding hydrogens is 228 g/mol. The van der Waals surface area contributed by atoms with Gasteiger partial charge in [0.05, 0.1) is 6.42 Å². The Hall–Kier alpha value is -1.95. The summed E-state index contributed by atoms with van der Waals surface area (Å²) in [5.74, 6) is -0.394. The number of nitrogens with zero attached hydrogens (tertiary/aromatic N) is 2. The van der Waals surface area contributed by atoms with E-state index < -0.39 is 5.97 Å². The Balaban J connectivity index is 2.22. The maximum atomic E-state index is 10.6. The summed E-state index contributed by atoms with van der Waals surface area (Å²) >= 11 is 1.25. The average molecular weight is 236 g/mol. The smallest absolute Gasteiger partial charge is 0.307 e. The summed E-state index contributed by atoms with van der Waals surface area (Å²) in [6.07, 6.45) is -0.0744. The Kier molecular flexibility index (Phi) is 3.11. The molecule has 0 atom stereocenters. The molecular formula is C10H8N2O3S. The van der Waals surface area contributed by atoms with E-state index in [0.29, 0.717) is 16.5 Å². The molecule has 0 aliphatic heterocycles. The molecule has 0 radical (unpaired) electrons. The molecule has 1 heterocycles. The van der Waals surface area contributed by atoms with Crippen molar-refractivity contribution in [3.63, 3.8) is 0 Å². The molecule has 2 rings (SSSR count). The van der Waals surface area contributed by atoms with E-state index in [0.717, 1.165) is 0 Å². The lowest BCUT2D eigenvalue weighted by Crippen LogP contribution is -2.01. The summed E-state index contributed by atoms with van der Waals surface area (Å²) in [4.78, 5) is 10.6. The third-order valence-electron chi connectivity index (χ3n) is 1.85. The summed E-state index contributed by atoms with van der Waals surface area (Å²) < 4.78 is 5.43. The number of hydrogen-bond donors (Lipinski definition) is 1. The highest BCUT2D eigenvalue weighted by molar-refractivity contribution is 7.11. The van der Waals surface area contributed by atoms with Gasteiger partial charge in [0.25, 0.3) is 5.19 Å². The van der Waals surface area contributed by atoms with Gasteiger partial charge >= 0.3 is 5.97 Å². The zero-order chi connectivity index (χ0) is 11.4. The van der Waals surface area contributed by atoms with Crippen molar-refractivity contribution in [3.05, 3.63) is 35.3 Å². The number of carboxylic acid groups (broad SMARTS) is 1. The molecule has 0 saturated heterocycles. The van der Waals surface area contributed by atoms with Crippen molar-refractivity contribution < 1.29 is 14.6 Å². The highest BCUT2D eigenvalue weighted by atomic mass is 32.1. The summed E-state index contributed by atoms with van der Waals surface area (Å²) in [5, 5.41) is 16.5. The van der Waals surface area contributed by atoms with Crippen LogP contribution in [0, 0.1) is 0 Å². The fraction of sp³-hybridized carbons (Fsp3) is 0.100. The number of para-hydroxylation sites is 1. The molecule has 0 aliphatic rings. The van der Waals surface area contributed by atoms with Crippen LogP contribution in [0.25, 0.3) is 0 Å². The second-order valence-electron chi connectivity index (χ2n) is 2.98. The van der Waals surface area contributed by atoms with Crippen molar-refractivity contribution in [1.29, 1.82) is 0 Å². The van der Waals surface area contributed by atoms with E-state index in [1.807, 2.05) is 0 Å². The first-order valence-corrected chi connectivity index (χ1v) is 5.37. The van der Waals surface area contributed by atoms with Crippen LogP contribution in [0.3, 0.4) is 0 Å². The van der Waals surface area contributed by atoms with Gasteiger partial charge in [-0.25, -0.2) is 0 Å². The van der Waals surface area contributed by atoms with E-state index in [4.69, 9.17) is 9.84 Å². The number of aromatic nitrogens is 2. The maximum Gasteiger partial charge on any atom is 0.307 e. The summed E-state index contributed by atoms with van der Waals surface area (Å²) in [5.41, 5.74) is 2.17. The molecule has 0 saturated carbocycles. The molecule has 0 spiro atoms. The van der Waals surface area contributed by atoms with Crippen molar-refractivity contribution in [2.45, 2.75) is 6.42 Å². The van der Waals surface area contributed by atoms with Crippen LogP contribution in [0.4, 0.5) is 0 Å². The second-order valence-corrected chi connectivity index (χ2v) is 3.78. The van der Waals surface area contributed by atoms with E-state index in [9.17, 15) is 4.79 Å². The lowest BCUT2D eigenvalue weighted by atomic mass is 10.1. The van der Waals surface area contributed by atoms with Gasteiger partial charge in [0.2, 0.25) is 0 Å². The number of rotatable bonds is 4. The Morgan fingerprint density at radius 3 is 2.94 bits per heavy atom. The zero-order valence-corrected chi connectivity index (χ0v) is 8.98. The van der Waals surface area contributed by atoms with Crippen LogP contribution in [0.5, 0.6) is 10.9 Å². The van der Waals surface area contributed by atoms with Gasteiger partial charge in [-0.3, -0.25) is 4.79 Å². The Morgan fingerprint density at radius 1 is 1.44 bits per heavy atom. The molecule has 82 valence electrons. The third kappa shape index (κ3) is 2.54. The number of hydrogen-bond acceptors (Lipinski definition) is 5. The van der Waals surface area contributed by atoms with Gasteiger partial charge in [0.15, 0.2) is 0 Å². The molecule has 0 fully saturated rings. The van der Waals surface area contributed by atoms with Gasteiger partial charge in [-0.1, -0.05) is 34.6 Å². The summed E-state index contributed by atoms with van der Waals surface area (Å²) in [6.45, 7) is 0. The molecule has 1 N–H and O–H groups in total. The second kappa shape index (κ2) is 4.71. The molecule has 0 amide bonds. The topological polar surface area (TPSA) is 72.3 Å². The highest BCUT2D eigenvalue weighted by Gasteiger charge is 2.09. The van der Waals surface area contributed by atoms with Crippen LogP contribution < -0.4 is 4.74 Å². The lowest BCUT2D eigenvalue weighted by Gasteiger charge is -2.06. The van der Waals surface area contributed by atoms with Crippen LogP contribution in [0.15, 0.2) is 29.8 Å². The van der Waals surface area contributed by atoms with E-state index >= 15 is 0 Å². The van der Waals surface area contributed by atoms with Crippen molar-refractivity contribution in [2.75, 3.05) is 0 Å². The summed E-state index contributed by atoms with van der Waals surface area (Å²) in [7, 11) is 0. The molecule has 1 aromatic heterocycles. The molecule has 5 nitrogen and oxygen atoms in total. The minimum Gasteiger partial charge on any atom is -0.481 e. The van der Waals surface area contributed by atoms with Crippen LogP contribution >= 0.6 is 11.3 Å². The standard InChI is InChI=1S/C10H8N2O3S/c13-9(14)5-7-3-1-2-4-8(7)15-10-12-11-6-16-10/h1-4,6H,5H2,(H,13,14). The molecule has 0 aliphatic carbocycles. The van der Waals surface area contributed by atoms with Gasteiger partial charge in [0, 0.05) is 5.56 Å². The van der Waals surface area contributed by atoms with Gasteiger partial charge in [-0.15, -0.1) is 5.10 Å². The van der Waals surface area contributed by atoms with Gasteiger partial charge in [0.1, 0.15) is 11.3 Å². The highest BCUT2D eigenvalue weighted by Crippen LogP contribution is 2.26. The van der Waals surface area contributed by atoms with Crippen molar-refractivity contribution >= 4 is 17.3 Å². The molecule has 0 unspecified atom stereocenters. The van der Waals surface area contributed by atoms with Crippen LogP contribution in [-0.4, -0.2) is 21.3 Å². The number of carboxylic acids is 1. The maximum absolute atomic E-state index is 10.6. The first-order chi connectivity index (χ1) is 7.75. The molecule has 1 aromatic carbocycles. The predicted molar refractivity (Wildman–Crippen MR) is 57.8 cm³/mol. The number of aliphatic carboxylic acids is 1. The van der Waals surface area contributed by atoms with Crippen molar-refractivity contribution in [3.8, 4) is 10.9 Å². The van der Waals surface area contributed by atoms with Gasteiger partial charge in [-0.2, -0.15) is 0 Å².